The molecule has 2 amide bonds. The second-order valence-corrected chi connectivity index (χ2v) is 5.01. The molecule has 0 atom stereocenters. The van der Waals surface area contributed by atoms with Gasteiger partial charge in [0.25, 0.3) is 17.4 Å². The predicted octanol–water partition coefficient (Wildman–Crippen LogP) is 0.319. The molecule has 23 heavy (non-hydrogen) atoms. The SMILES string of the molecule is Nc1c2c(cc(=O)n1-c1ccc3[nH]ncc3c1F)C(=O)NC2=O. The van der Waals surface area contributed by atoms with Gasteiger partial charge in [-0.05, 0) is 12.1 Å². The van der Waals surface area contributed by atoms with Gasteiger partial charge in [-0.3, -0.25) is 29.4 Å². The summed E-state index contributed by atoms with van der Waals surface area (Å²) in [5.74, 6) is -2.43. The maximum absolute atomic E-state index is 14.6. The molecule has 1 aromatic carbocycles. The zero-order valence-corrected chi connectivity index (χ0v) is 11.4. The number of hydrogen-bond acceptors (Lipinski definition) is 5. The average molecular weight is 313 g/mol. The molecule has 1 aliphatic rings. The largest absolute Gasteiger partial charge is 0.384 e. The van der Waals surface area contributed by atoms with Gasteiger partial charge < -0.3 is 5.73 Å². The number of nitrogens with two attached hydrogens (primary N) is 1. The summed E-state index contributed by atoms with van der Waals surface area (Å²) in [7, 11) is 0. The standard InChI is InChI=1S/C14H8FN5O3/c15-11-6-4-17-19-7(6)1-2-8(11)20-9(21)3-5-10(12(20)16)14(23)18-13(5)22/h1-4H,16H2,(H,17,19)(H,18,22,23). The Labute approximate surface area is 126 Å². The van der Waals surface area contributed by atoms with E-state index < -0.39 is 23.2 Å². The summed E-state index contributed by atoms with van der Waals surface area (Å²) in [6, 6.07) is 3.84. The van der Waals surface area contributed by atoms with E-state index in [2.05, 4.69) is 15.5 Å². The summed E-state index contributed by atoms with van der Waals surface area (Å²) in [4.78, 5) is 35.7. The van der Waals surface area contributed by atoms with Crippen molar-refractivity contribution >= 4 is 28.5 Å². The molecule has 0 aliphatic carbocycles. The van der Waals surface area contributed by atoms with Crippen LogP contribution < -0.4 is 16.6 Å². The topological polar surface area (TPSA) is 123 Å². The van der Waals surface area contributed by atoms with Gasteiger partial charge in [-0.2, -0.15) is 5.10 Å². The van der Waals surface area contributed by atoms with Crippen molar-refractivity contribution in [3.8, 4) is 5.69 Å². The first-order valence-electron chi connectivity index (χ1n) is 6.52. The van der Waals surface area contributed by atoms with Gasteiger partial charge in [-0.25, -0.2) is 4.39 Å². The number of carbonyl (C=O) groups excluding carboxylic acids is 2. The number of nitrogen functional groups attached to an aromatic ring is 1. The van der Waals surface area contributed by atoms with E-state index in [1.54, 1.807) is 0 Å². The highest BCUT2D eigenvalue weighted by Crippen LogP contribution is 2.26. The van der Waals surface area contributed by atoms with Crippen molar-refractivity contribution in [1.29, 1.82) is 0 Å². The van der Waals surface area contributed by atoms with Crippen LogP contribution in [0.4, 0.5) is 10.2 Å². The third-order valence-electron chi connectivity index (χ3n) is 3.73. The number of amides is 2. The Balaban J connectivity index is 2.08. The van der Waals surface area contributed by atoms with E-state index >= 15 is 0 Å². The van der Waals surface area contributed by atoms with Gasteiger partial charge in [0.1, 0.15) is 5.82 Å². The van der Waals surface area contributed by atoms with Gasteiger partial charge >= 0.3 is 0 Å². The number of nitrogens with zero attached hydrogens (tertiary/aromatic N) is 2. The number of nitrogens with one attached hydrogen (secondary N) is 2. The van der Waals surface area contributed by atoms with Crippen LogP contribution in [0.15, 0.2) is 29.2 Å². The number of aromatic nitrogens is 3. The molecular weight excluding hydrogens is 305 g/mol. The molecule has 1 aliphatic heterocycles. The number of benzene rings is 1. The fraction of sp³-hybridized carbons (Fsp3) is 0. The fourth-order valence-corrected chi connectivity index (χ4v) is 2.67. The Morgan fingerprint density at radius 1 is 1.17 bits per heavy atom. The number of H-pyrrole nitrogens is 1. The van der Waals surface area contributed by atoms with E-state index in [9.17, 15) is 18.8 Å². The molecule has 2 aromatic heterocycles. The molecule has 3 heterocycles. The maximum Gasteiger partial charge on any atom is 0.262 e. The van der Waals surface area contributed by atoms with E-state index in [4.69, 9.17) is 5.73 Å². The Morgan fingerprint density at radius 3 is 2.74 bits per heavy atom. The van der Waals surface area contributed by atoms with E-state index in [1.165, 1.54) is 18.3 Å². The van der Waals surface area contributed by atoms with Gasteiger partial charge in [0, 0.05) is 6.07 Å². The molecular formula is C14H8FN5O3. The van der Waals surface area contributed by atoms with Crippen molar-refractivity contribution < 1.29 is 14.0 Å². The summed E-state index contributed by atoms with van der Waals surface area (Å²) < 4.78 is 15.5. The average Bonchev–Trinajstić information content (AvgIpc) is 3.07. The minimum Gasteiger partial charge on any atom is -0.384 e. The molecule has 0 unspecified atom stereocenters. The monoisotopic (exact) mass is 313 g/mol. The molecule has 3 aromatic rings. The van der Waals surface area contributed by atoms with Crippen LogP contribution in [0.2, 0.25) is 0 Å². The van der Waals surface area contributed by atoms with Crippen LogP contribution in [0.1, 0.15) is 20.7 Å². The van der Waals surface area contributed by atoms with Crippen molar-refractivity contribution in [3.63, 3.8) is 0 Å². The molecule has 0 saturated heterocycles. The summed E-state index contributed by atoms with van der Waals surface area (Å²) >= 11 is 0. The van der Waals surface area contributed by atoms with Crippen molar-refractivity contribution in [2.45, 2.75) is 0 Å². The Morgan fingerprint density at radius 2 is 1.96 bits per heavy atom. The number of hydrogen-bond donors (Lipinski definition) is 3. The molecule has 0 spiro atoms. The normalized spacial score (nSPS) is 13.4. The van der Waals surface area contributed by atoms with Gasteiger partial charge in [0.05, 0.1) is 33.9 Å². The Kier molecular flexibility index (Phi) is 2.44. The Hall–Kier alpha value is -3.49. The number of carbonyl (C=O) groups is 2. The van der Waals surface area contributed by atoms with Crippen molar-refractivity contribution in [2.24, 2.45) is 0 Å². The smallest absolute Gasteiger partial charge is 0.262 e. The van der Waals surface area contributed by atoms with Crippen LogP contribution in [0.5, 0.6) is 0 Å². The van der Waals surface area contributed by atoms with E-state index in [1.807, 2.05) is 0 Å². The van der Waals surface area contributed by atoms with Crippen LogP contribution in [0.25, 0.3) is 16.6 Å². The van der Waals surface area contributed by atoms with Crippen LogP contribution >= 0.6 is 0 Å². The summed E-state index contributed by atoms with van der Waals surface area (Å²) in [5.41, 5.74) is 5.23. The number of aromatic amines is 1. The van der Waals surface area contributed by atoms with E-state index in [0.29, 0.717) is 5.52 Å². The summed E-state index contributed by atoms with van der Waals surface area (Å²) in [5, 5.41) is 8.56. The summed E-state index contributed by atoms with van der Waals surface area (Å²) in [6.45, 7) is 0. The molecule has 0 bridgehead atoms. The molecule has 4 N–H and O–H groups in total. The third kappa shape index (κ3) is 1.64. The number of pyridine rings is 1. The van der Waals surface area contributed by atoms with Crippen LogP contribution in [-0.4, -0.2) is 26.6 Å². The van der Waals surface area contributed by atoms with Crippen LogP contribution in [-0.2, 0) is 0 Å². The van der Waals surface area contributed by atoms with Crippen molar-refractivity contribution in [2.75, 3.05) is 5.73 Å². The molecule has 0 fully saturated rings. The minimum absolute atomic E-state index is 0.112. The lowest BCUT2D eigenvalue weighted by atomic mass is 10.1. The van der Waals surface area contributed by atoms with Gasteiger partial charge in [-0.15, -0.1) is 0 Å². The highest BCUT2D eigenvalue weighted by Gasteiger charge is 2.32. The van der Waals surface area contributed by atoms with Crippen LogP contribution in [0.3, 0.4) is 0 Å². The van der Waals surface area contributed by atoms with Gasteiger partial charge in [-0.1, -0.05) is 0 Å². The van der Waals surface area contributed by atoms with E-state index in [-0.39, 0.29) is 28.0 Å². The zero-order chi connectivity index (χ0) is 16.3. The van der Waals surface area contributed by atoms with E-state index in [0.717, 1.165) is 10.6 Å². The van der Waals surface area contributed by atoms with Gasteiger partial charge in [0.2, 0.25) is 0 Å². The first kappa shape index (κ1) is 13.2. The quantitative estimate of drug-likeness (QED) is 0.558. The lowest BCUT2D eigenvalue weighted by molar-refractivity contribution is 0.0880. The number of imide groups is 1. The number of rotatable bonds is 1. The van der Waals surface area contributed by atoms with Crippen molar-refractivity contribution in [3.05, 3.63) is 51.7 Å². The number of anilines is 1. The fourth-order valence-electron chi connectivity index (χ4n) is 2.67. The first-order chi connectivity index (χ1) is 11.0. The van der Waals surface area contributed by atoms with Crippen LogP contribution in [0, 0.1) is 5.82 Å². The first-order valence-corrected chi connectivity index (χ1v) is 6.52. The molecule has 8 nitrogen and oxygen atoms in total. The maximum atomic E-state index is 14.6. The summed E-state index contributed by atoms with van der Waals surface area (Å²) in [6.07, 6.45) is 1.28. The molecule has 9 heteroatoms. The minimum atomic E-state index is -0.721. The third-order valence-corrected chi connectivity index (χ3v) is 3.73. The lowest BCUT2D eigenvalue weighted by Crippen LogP contribution is -2.24. The number of halogens is 1. The zero-order valence-electron chi connectivity index (χ0n) is 11.4. The predicted molar refractivity (Wildman–Crippen MR) is 77.9 cm³/mol. The molecule has 0 radical (unpaired) electrons. The van der Waals surface area contributed by atoms with Crippen molar-refractivity contribution in [1.82, 2.24) is 20.1 Å². The molecule has 4 rings (SSSR count). The molecule has 0 saturated carbocycles. The lowest BCUT2D eigenvalue weighted by Gasteiger charge is -2.12. The number of fused-ring (bicyclic) bond motifs is 2. The second kappa shape index (κ2) is 4.26. The van der Waals surface area contributed by atoms with Gasteiger partial charge in [0.15, 0.2) is 5.82 Å². The highest BCUT2D eigenvalue weighted by molar-refractivity contribution is 6.23. The highest BCUT2D eigenvalue weighted by atomic mass is 19.1. The second-order valence-electron chi connectivity index (χ2n) is 5.01. The molecule has 114 valence electrons. The Bertz CT molecular complexity index is 1080.